The molecule has 6 nitrogen and oxygen atoms in total. The molecule has 0 radical (unpaired) electrons. The second kappa shape index (κ2) is 7.55. The van der Waals surface area contributed by atoms with Crippen molar-refractivity contribution in [3.8, 4) is 22.8 Å². The van der Waals surface area contributed by atoms with E-state index in [1.165, 1.54) is 30.3 Å². The summed E-state index contributed by atoms with van der Waals surface area (Å²) in [5.41, 5.74) is 1.60. The molecule has 0 fully saturated rings. The Balaban J connectivity index is 0.000000595. The Morgan fingerprint density at radius 3 is 2.61 bits per heavy atom. The van der Waals surface area contributed by atoms with Crippen molar-refractivity contribution in [2.45, 2.75) is 20.3 Å². The Morgan fingerprint density at radius 2 is 1.96 bits per heavy atom. The molecular weight excluding hydrogens is 299 g/mol. The van der Waals surface area contributed by atoms with E-state index in [1.54, 1.807) is 24.3 Å². The maximum absolute atomic E-state index is 13.8. The molecule has 3 aromatic rings. The quantitative estimate of drug-likeness (QED) is 0.593. The molecule has 2 heterocycles. The van der Waals surface area contributed by atoms with Gasteiger partial charge in [0.1, 0.15) is 5.65 Å². The lowest BCUT2D eigenvalue weighted by Gasteiger charge is -2.09. The van der Waals surface area contributed by atoms with E-state index < -0.39 is 6.08 Å². The van der Waals surface area contributed by atoms with Gasteiger partial charge in [0.2, 0.25) is 0 Å². The molecule has 0 aliphatic carbocycles. The van der Waals surface area contributed by atoms with Crippen LogP contribution in [-0.4, -0.2) is 21.5 Å². The Kier molecular flexibility index (Phi) is 5.48. The fourth-order valence-corrected chi connectivity index (χ4v) is 1.96. The summed E-state index contributed by atoms with van der Waals surface area (Å²) in [7, 11) is 1.49. The molecule has 23 heavy (non-hydrogen) atoms. The number of rotatable bonds is 3. The minimum absolute atomic E-state index is 0.388. The number of nitrogens with zero attached hydrogens (tertiary/aromatic N) is 3. The molecule has 3 rings (SSSR count). The van der Waals surface area contributed by atoms with Crippen molar-refractivity contribution in [3.05, 3.63) is 42.7 Å². The fourth-order valence-electron chi connectivity index (χ4n) is 1.96. The first-order chi connectivity index (χ1) is 11.1. The van der Waals surface area contributed by atoms with E-state index in [4.69, 9.17) is 10.6 Å². The van der Waals surface area contributed by atoms with Crippen molar-refractivity contribution in [2.24, 2.45) is 5.90 Å². The van der Waals surface area contributed by atoms with Crippen LogP contribution in [0, 0.1) is 6.08 Å². The van der Waals surface area contributed by atoms with Crippen LogP contribution in [0.4, 0.5) is 4.39 Å². The minimum Gasteiger partial charge on any atom is -0.493 e. The van der Waals surface area contributed by atoms with Gasteiger partial charge in [-0.2, -0.15) is 10.3 Å². The third-order valence-electron chi connectivity index (χ3n) is 2.93. The Bertz CT molecular complexity index is 789. The Labute approximate surface area is 133 Å². The number of hydrogen-bond acceptors (Lipinski definition) is 5. The number of imidazole rings is 1. The largest absolute Gasteiger partial charge is 0.493 e. The zero-order valence-corrected chi connectivity index (χ0v) is 13.3. The van der Waals surface area contributed by atoms with Crippen LogP contribution in [0.5, 0.6) is 11.5 Å². The highest BCUT2D eigenvalue weighted by molar-refractivity contribution is 5.66. The number of methoxy groups -OCH3 is 1. The summed E-state index contributed by atoms with van der Waals surface area (Å²) in [4.78, 5) is 12.6. The number of nitrogens with two attached hydrogens (primary N) is 1. The van der Waals surface area contributed by atoms with Crippen LogP contribution in [0.2, 0.25) is 0 Å². The Morgan fingerprint density at radius 1 is 1.22 bits per heavy atom. The average Bonchev–Trinajstić information content (AvgIpc) is 3.04. The van der Waals surface area contributed by atoms with Gasteiger partial charge in [-0.25, -0.2) is 9.97 Å². The van der Waals surface area contributed by atoms with Crippen molar-refractivity contribution >= 4 is 5.65 Å². The van der Waals surface area contributed by atoms with Gasteiger partial charge >= 0.3 is 0 Å². The SMILES string of the molecule is CCC.COc1cc(-c2cc3nccn3c(F)n2)ccc1ON. The van der Waals surface area contributed by atoms with Crippen LogP contribution in [0.15, 0.2) is 36.7 Å². The summed E-state index contributed by atoms with van der Waals surface area (Å²) in [6.45, 7) is 4.25. The topological polar surface area (TPSA) is 74.7 Å². The highest BCUT2D eigenvalue weighted by atomic mass is 19.1. The van der Waals surface area contributed by atoms with Gasteiger partial charge in [-0.15, -0.1) is 0 Å². The predicted molar refractivity (Wildman–Crippen MR) is 85.7 cm³/mol. The summed E-state index contributed by atoms with van der Waals surface area (Å²) in [6.07, 6.45) is 3.64. The average molecular weight is 318 g/mol. The lowest BCUT2D eigenvalue weighted by Crippen LogP contribution is -2.04. The third kappa shape index (κ3) is 3.57. The molecule has 0 bridgehead atoms. The molecule has 2 aromatic heterocycles. The van der Waals surface area contributed by atoms with E-state index in [0.717, 1.165) is 0 Å². The smallest absolute Gasteiger partial charge is 0.295 e. The van der Waals surface area contributed by atoms with E-state index >= 15 is 0 Å². The molecule has 0 aliphatic rings. The lowest BCUT2D eigenvalue weighted by molar-refractivity contribution is 0.306. The molecule has 0 amide bonds. The van der Waals surface area contributed by atoms with Crippen molar-refractivity contribution in [3.63, 3.8) is 0 Å². The van der Waals surface area contributed by atoms with Gasteiger partial charge in [-0.05, 0) is 18.2 Å². The highest BCUT2D eigenvalue weighted by Gasteiger charge is 2.11. The number of hydrogen-bond donors (Lipinski definition) is 1. The molecule has 0 spiro atoms. The zero-order chi connectivity index (χ0) is 16.8. The number of aromatic nitrogens is 3. The molecule has 7 heteroatoms. The minimum atomic E-state index is -0.631. The summed E-state index contributed by atoms with van der Waals surface area (Å²) in [5.74, 6) is 5.96. The Hall–Kier alpha value is -2.67. The summed E-state index contributed by atoms with van der Waals surface area (Å²) >= 11 is 0. The van der Waals surface area contributed by atoms with E-state index in [-0.39, 0.29) is 0 Å². The first-order valence-electron chi connectivity index (χ1n) is 7.19. The van der Waals surface area contributed by atoms with Gasteiger partial charge in [0, 0.05) is 24.0 Å². The summed E-state index contributed by atoms with van der Waals surface area (Å²) < 4.78 is 20.2. The van der Waals surface area contributed by atoms with Crippen molar-refractivity contribution in [1.82, 2.24) is 14.4 Å². The van der Waals surface area contributed by atoms with Gasteiger partial charge in [-0.3, -0.25) is 4.40 Å². The molecule has 0 unspecified atom stereocenters. The molecule has 0 saturated heterocycles. The van der Waals surface area contributed by atoms with Crippen molar-refractivity contribution in [2.75, 3.05) is 7.11 Å². The van der Waals surface area contributed by atoms with E-state index in [1.807, 2.05) is 0 Å². The van der Waals surface area contributed by atoms with Gasteiger partial charge in [0.25, 0.3) is 6.08 Å². The van der Waals surface area contributed by atoms with Crippen LogP contribution in [0.1, 0.15) is 20.3 Å². The predicted octanol–water partition coefficient (Wildman–Crippen LogP) is 3.21. The zero-order valence-electron chi connectivity index (χ0n) is 13.3. The normalized spacial score (nSPS) is 10.1. The van der Waals surface area contributed by atoms with E-state index in [9.17, 15) is 4.39 Å². The molecular formula is C16H19FN4O2. The van der Waals surface area contributed by atoms with Crippen LogP contribution in [0.3, 0.4) is 0 Å². The van der Waals surface area contributed by atoms with Gasteiger partial charge in [0.05, 0.1) is 12.8 Å². The highest BCUT2D eigenvalue weighted by Crippen LogP contribution is 2.31. The second-order valence-corrected chi connectivity index (χ2v) is 4.76. The molecule has 0 aliphatic heterocycles. The van der Waals surface area contributed by atoms with Gasteiger partial charge < -0.3 is 9.57 Å². The molecule has 2 N–H and O–H groups in total. The maximum Gasteiger partial charge on any atom is 0.295 e. The van der Waals surface area contributed by atoms with E-state index in [0.29, 0.717) is 28.4 Å². The third-order valence-corrected chi connectivity index (χ3v) is 2.93. The van der Waals surface area contributed by atoms with Crippen LogP contribution < -0.4 is 15.5 Å². The van der Waals surface area contributed by atoms with Crippen molar-refractivity contribution < 1.29 is 14.0 Å². The number of fused-ring (bicyclic) bond motifs is 1. The number of halogens is 1. The van der Waals surface area contributed by atoms with Crippen LogP contribution >= 0.6 is 0 Å². The van der Waals surface area contributed by atoms with Gasteiger partial charge in [0.15, 0.2) is 11.5 Å². The van der Waals surface area contributed by atoms with Crippen LogP contribution in [0.25, 0.3) is 16.9 Å². The lowest BCUT2D eigenvalue weighted by atomic mass is 10.1. The van der Waals surface area contributed by atoms with Gasteiger partial charge in [-0.1, -0.05) is 20.3 Å². The first kappa shape index (κ1) is 16.7. The number of benzene rings is 1. The fraction of sp³-hybridized carbons (Fsp3) is 0.250. The molecule has 0 atom stereocenters. The van der Waals surface area contributed by atoms with Crippen LogP contribution in [-0.2, 0) is 0 Å². The first-order valence-corrected chi connectivity index (χ1v) is 7.19. The molecule has 1 aromatic carbocycles. The monoisotopic (exact) mass is 318 g/mol. The van der Waals surface area contributed by atoms with Crippen molar-refractivity contribution in [1.29, 1.82) is 0 Å². The molecule has 0 saturated carbocycles. The summed E-state index contributed by atoms with van der Waals surface area (Å²) in [5, 5.41) is 0. The molecule has 122 valence electrons. The standard InChI is InChI=1S/C13H11FN4O2.C3H8/c1-19-11-6-8(2-3-10(11)20-15)9-7-12-16-4-5-18(12)13(14)17-9;1-3-2/h2-7H,15H2,1H3;3H2,1-2H3. The second-order valence-electron chi connectivity index (χ2n) is 4.76. The summed E-state index contributed by atoms with van der Waals surface area (Å²) in [6, 6.07) is 6.69. The number of ether oxygens (including phenoxy) is 1. The maximum atomic E-state index is 13.8. The van der Waals surface area contributed by atoms with E-state index in [2.05, 4.69) is 28.7 Å².